The summed E-state index contributed by atoms with van der Waals surface area (Å²) in [5.41, 5.74) is 3.96. The van der Waals surface area contributed by atoms with Gasteiger partial charge < -0.3 is 5.11 Å². The molecule has 3 heteroatoms. The number of aliphatic hydroxyl groups is 1. The Labute approximate surface area is 181 Å². The fourth-order valence-electron chi connectivity index (χ4n) is 7.98. The van der Waals surface area contributed by atoms with Crippen molar-refractivity contribution in [3.05, 3.63) is 47.0 Å². The minimum Gasteiger partial charge on any atom is -0.393 e. The first kappa shape index (κ1) is 20.5. The lowest BCUT2D eigenvalue weighted by molar-refractivity contribution is -0.118. The fraction of sp³-hybridized carbons (Fsp3) is 0.667. The molecule has 4 aliphatic carbocycles. The number of carbonyl (C=O) groups is 1. The Morgan fingerprint density at radius 3 is 2.50 bits per heavy atom. The predicted octanol–water partition coefficient (Wildman–Crippen LogP) is 5.16. The van der Waals surface area contributed by atoms with Gasteiger partial charge in [0.15, 0.2) is 5.78 Å². The molecule has 3 nitrogen and oxygen atoms in total. The zero-order chi connectivity index (χ0) is 21.0. The largest absolute Gasteiger partial charge is 0.393 e. The van der Waals surface area contributed by atoms with Crippen molar-refractivity contribution in [2.75, 3.05) is 14.1 Å². The minimum atomic E-state index is -0.111. The molecule has 0 amide bonds. The number of carbonyl (C=O) groups excluding carboxylic acids is 1. The van der Waals surface area contributed by atoms with Gasteiger partial charge >= 0.3 is 0 Å². The highest BCUT2D eigenvalue weighted by atomic mass is 16.3. The molecule has 0 heterocycles. The summed E-state index contributed by atoms with van der Waals surface area (Å²) in [7, 11) is 4.22. The van der Waals surface area contributed by atoms with Crippen LogP contribution in [-0.4, -0.2) is 36.0 Å². The maximum atomic E-state index is 13.3. The van der Waals surface area contributed by atoms with Crippen molar-refractivity contribution < 1.29 is 9.90 Å². The van der Waals surface area contributed by atoms with E-state index in [1.165, 1.54) is 30.4 Å². The zero-order valence-corrected chi connectivity index (χ0v) is 18.8. The quantitative estimate of drug-likeness (QED) is 0.752. The van der Waals surface area contributed by atoms with Crippen molar-refractivity contribution >= 4 is 5.78 Å². The van der Waals surface area contributed by atoms with Crippen LogP contribution in [0.2, 0.25) is 0 Å². The van der Waals surface area contributed by atoms with E-state index < -0.39 is 0 Å². The second-order valence-corrected chi connectivity index (χ2v) is 10.9. The number of rotatable bonds is 3. The van der Waals surface area contributed by atoms with Crippen LogP contribution < -0.4 is 0 Å². The Morgan fingerprint density at radius 1 is 1.00 bits per heavy atom. The molecule has 4 aliphatic rings. The van der Waals surface area contributed by atoms with Gasteiger partial charge in [0.2, 0.25) is 0 Å². The summed E-state index contributed by atoms with van der Waals surface area (Å²) < 4.78 is 0. The van der Waals surface area contributed by atoms with Gasteiger partial charge in [0.1, 0.15) is 0 Å². The molecule has 0 spiro atoms. The molecule has 0 radical (unpaired) electrons. The monoisotopic (exact) mass is 407 g/mol. The van der Waals surface area contributed by atoms with E-state index in [2.05, 4.69) is 56.3 Å². The third kappa shape index (κ3) is 3.04. The lowest BCUT2D eigenvalue weighted by atomic mass is 9.51. The summed E-state index contributed by atoms with van der Waals surface area (Å²) in [6.45, 7) is 2.35. The van der Waals surface area contributed by atoms with Gasteiger partial charge in [-0.25, -0.2) is 0 Å². The van der Waals surface area contributed by atoms with Gasteiger partial charge in [-0.3, -0.25) is 9.69 Å². The average molecular weight is 408 g/mol. The number of allylic oxidation sites excluding steroid dienone is 1. The summed E-state index contributed by atoms with van der Waals surface area (Å²) in [4.78, 5) is 15.5. The number of aliphatic hydroxyl groups excluding tert-OH is 1. The number of hydrogen-bond donors (Lipinski definition) is 1. The molecular weight excluding hydrogens is 370 g/mol. The van der Waals surface area contributed by atoms with Crippen LogP contribution in [0.4, 0.5) is 0 Å². The lowest BCUT2D eigenvalue weighted by Gasteiger charge is -2.54. The average Bonchev–Trinajstić information content (AvgIpc) is 3.05. The second-order valence-electron chi connectivity index (χ2n) is 10.9. The molecule has 0 aliphatic heterocycles. The second kappa shape index (κ2) is 7.60. The first-order valence-corrected chi connectivity index (χ1v) is 12.1. The Hall–Kier alpha value is -1.45. The Morgan fingerprint density at radius 2 is 1.77 bits per heavy atom. The number of likely N-dealkylation sites (N-methyl/N-ethyl adjacent to an activating group) is 1. The molecule has 7 atom stereocenters. The number of ketones is 1. The lowest BCUT2D eigenvalue weighted by Crippen LogP contribution is -2.48. The Balaban J connectivity index is 1.53. The summed E-state index contributed by atoms with van der Waals surface area (Å²) in [5, 5.41) is 10.7. The van der Waals surface area contributed by atoms with Gasteiger partial charge in [0.05, 0.1) is 12.1 Å². The first-order chi connectivity index (χ1) is 14.4. The minimum absolute atomic E-state index is 0.0650. The molecule has 30 heavy (non-hydrogen) atoms. The van der Waals surface area contributed by atoms with Gasteiger partial charge in [-0.1, -0.05) is 42.8 Å². The highest BCUT2D eigenvalue weighted by Gasteiger charge is 2.56. The summed E-state index contributed by atoms with van der Waals surface area (Å²) >= 11 is 0. The molecule has 1 aromatic rings. The maximum absolute atomic E-state index is 13.3. The van der Waals surface area contributed by atoms with E-state index in [0.29, 0.717) is 30.0 Å². The summed E-state index contributed by atoms with van der Waals surface area (Å²) in [5.74, 6) is 3.06. The molecule has 5 rings (SSSR count). The van der Waals surface area contributed by atoms with Crippen molar-refractivity contribution in [1.82, 2.24) is 4.90 Å². The first-order valence-electron chi connectivity index (χ1n) is 12.1. The van der Waals surface area contributed by atoms with Gasteiger partial charge in [0.25, 0.3) is 0 Å². The molecule has 6 unspecified atom stereocenters. The van der Waals surface area contributed by atoms with Gasteiger partial charge in [-0.2, -0.15) is 0 Å². The third-order valence-electron chi connectivity index (χ3n) is 9.39. The smallest absolute Gasteiger partial charge is 0.160 e. The molecule has 3 fully saturated rings. The van der Waals surface area contributed by atoms with E-state index in [1.54, 1.807) is 0 Å². The van der Waals surface area contributed by atoms with Crippen molar-refractivity contribution in [2.24, 2.45) is 29.1 Å². The maximum Gasteiger partial charge on any atom is 0.160 e. The van der Waals surface area contributed by atoms with E-state index in [9.17, 15) is 9.90 Å². The highest BCUT2D eigenvalue weighted by molar-refractivity contribution is 5.98. The molecular formula is C27H37NO2. The zero-order valence-electron chi connectivity index (χ0n) is 18.8. The van der Waals surface area contributed by atoms with E-state index in [0.717, 1.165) is 37.2 Å². The van der Waals surface area contributed by atoms with Crippen molar-refractivity contribution in [2.45, 2.75) is 70.4 Å². The Bertz CT molecular complexity index is 844. The number of hydrogen-bond acceptors (Lipinski definition) is 3. The van der Waals surface area contributed by atoms with E-state index in [1.807, 2.05) is 0 Å². The molecule has 0 saturated heterocycles. The van der Waals surface area contributed by atoms with Crippen LogP contribution in [0.25, 0.3) is 0 Å². The molecule has 1 N–H and O–H groups in total. The fourth-order valence-corrected chi connectivity index (χ4v) is 7.98. The Kier molecular flexibility index (Phi) is 5.18. The SMILES string of the molecule is CN(C)C(C1=C2CCC3C(CC[C@]4(C)C(O)CCC34)C2CCC1=O)c1ccccc1. The topological polar surface area (TPSA) is 40.5 Å². The van der Waals surface area contributed by atoms with Crippen LogP contribution >= 0.6 is 0 Å². The van der Waals surface area contributed by atoms with Gasteiger partial charge in [-0.05, 0) is 93.7 Å². The van der Waals surface area contributed by atoms with E-state index in [-0.39, 0.29) is 17.6 Å². The molecule has 162 valence electrons. The molecule has 1 aromatic carbocycles. The molecule has 0 aromatic heterocycles. The van der Waals surface area contributed by atoms with Crippen LogP contribution in [-0.2, 0) is 4.79 Å². The van der Waals surface area contributed by atoms with Crippen molar-refractivity contribution in [3.8, 4) is 0 Å². The number of nitrogens with zero attached hydrogens (tertiary/aromatic N) is 1. The van der Waals surface area contributed by atoms with Crippen LogP contribution in [0.5, 0.6) is 0 Å². The number of Topliss-reactive ketones (excluding diaryl/α,β-unsaturated/α-hetero) is 1. The van der Waals surface area contributed by atoms with Crippen LogP contribution in [0.15, 0.2) is 41.5 Å². The van der Waals surface area contributed by atoms with Crippen molar-refractivity contribution in [1.29, 1.82) is 0 Å². The number of fused-ring (bicyclic) bond motifs is 5. The highest BCUT2D eigenvalue weighted by Crippen LogP contribution is 2.62. The van der Waals surface area contributed by atoms with Gasteiger partial charge in [0, 0.05) is 12.0 Å². The normalized spacial score (nSPS) is 39.5. The summed E-state index contributed by atoms with van der Waals surface area (Å²) in [6, 6.07) is 10.6. The predicted molar refractivity (Wildman–Crippen MR) is 120 cm³/mol. The standard InChI is InChI=1S/C27H37NO2/c1-27-16-15-19-18-11-13-23(29)25(26(28(2)3)17-7-5-4-6-8-17)21(18)10-9-20(19)22(27)12-14-24(27)30/h4-8,18-20,22,24,26,30H,9-16H2,1-3H3/t18?,19?,20?,22?,24?,26?,27-/m0/s1. The number of benzene rings is 1. The summed E-state index contributed by atoms with van der Waals surface area (Å²) in [6.07, 6.45) is 8.47. The van der Waals surface area contributed by atoms with E-state index in [4.69, 9.17) is 0 Å². The van der Waals surface area contributed by atoms with Crippen LogP contribution in [0, 0.1) is 29.1 Å². The van der Waals surface area contributed by atoms with Crippen LogP contribution in [0.1, 0.15) is 69.9 Å². The van der Waals surface area contributed by atoms with E-state index >= 15 is 0 Å². The molecule has 3 saturated carbocycles. The molecule has 0 bridgehead atoms. The third-order valence-corrected chi connectivity index (χ3v) is 9.39. The van der Waals surface area contributed by atoms with Gasteiger partial charge in [-0.15, -0.1) is 0 Å². The van der Waals surface area contributed by atoms with Crippen molar-refractivity contribution in [3.63, 3.8) is 0 Å². The van der Waals surface area contributed by atoms with Crippen LogP contribution in [0.3, 0.4) is 0 Å².